The molecule has 1 aromatic rings. The Morgan fingerprint density at radius 1 is 1.21 bits per heavy atom. The van der Waals surface area contributed by atoms with Crippen molar-refractivity contribution in [3.63, 3.8) is 0 Å². The van der Waals surface area contributed by atoms with E-state index in [1.807, 2.05) is 29.2 Å². The van der Waals surface area contributed by atoms with Crippen LogP contribution in [0.3, 0.4) is 0 Å². The number of hydrogen-bond donors (Lipinski definition) is 2. The van der Waals surface area contributed by atoms with Crippen LogP contribution < -0.4 is 10.6 Å². The van der Waals surface area contributed by atoms with E-state index in [0.29, 0.717) is 12.2 Å². The fraction of sp³-hybridized carbons (Fsp3) is 0.556. The SMILES string of the molecule is O=C1N[C@@]2(C[C@H]3CC[C@H]2N3C(=O)[C@H]2CCCO2)Nc2ccccc21. The van der Waals surface area contributed by atoms with Gasteiger partial charge in [0.1, 0.15) is 11.8 Å². The highest BCUT2D eigenvalue weighted by Gasteiger charge is 2.60. The second-order valence-electron chi connectivity index (χ2n) is 7.29. The third-order valence-electron chi connectivity index (χ3n) is 5.95. The summed E-state index contributed by atoms with van der Waals surface area (Å²) in [5.41, 5.74) is 0.990. The maximum atomic E-state index is 12.9. The first-order valence-corrected chi connectivity index (χ1v) is 8.81. The zero-order chi connectivity index (χ0) is 16.3. The van der Waals surface area contributed by atoms with Crippen molar-refractivity contribution in [3.8, 4) is 0 Å². The van der Waals surface area contributed by atoms with Gasteiger partial charge in [-0.3, -0.25) is 9.59 Å². The van der Waals surface area contributed by atoms with Gasteiger partial charge in [-0.2, -0.15) is 0 Å². The summed E-state index contributed by atoms with van der Waals surface area (Å²) in [7, 11) is 0. The molecule has 4 aliphatic heterocycles. The predicted molar refractivity (Wildman–Crippen MR) is 87.5 cm³/mol. The summed E-state index contributed by atoms with van der Waals surface area (Å²) >= 11 is 0. The van der Waals surface area contributed by atoms with Crippen LogP contribution in [0.4, 0.5) is 5.69 Å². The first-order chi connectivity index (χ1) is 11.7. The van der Waals surface area contributed by atoms with Crippen LogP contribution in [-0.4, -0.2) is 47.2 Å². The Morgan fingerprint density at radius 3 is 2.92 bits per heavy atom. The fourth-order valence-electron chi connectivity index (χ4n) is 4.95. The molecule has 24 heavy (non-hydrogen) atoms. The molecule has 0 aliphatic carbocycles. The summed E-state index contributed by atoms with van der Waals surface area (Å²) in [5, 5.41) is 6.71. The van der Waals surface area contributed by atoms with Gasteiger partial charge in [0.2, 0.25) is 0 Å². The standard InChI is InChI=1S/C18H21N3O3/c22-16-12-4-1-2-5-13(12)19-18(20-16)10-11-7-8-15(18)21(11)17(23)14-6-3-9-24-14/h1-2,4-5,11,14-15,19H,3,6-10H2,(H,20,22)/t11-,14-,15-,18-/m1/s1. The molecule has 4 atom stereocenters. The molecule has 4 heterocycles. The van der Waals surface area contributed by atoms with Gasteiger partial charge in [-0.05, 0) is 37.8 Å². The summed E-state index contributed by atoms with van der Waals surface area (Å²) in [6.45, 7) is 0.674. The number of carbonyl (C=O) groups excluding carboxylic acids is 2. The molecular weight excluding hydrogens is 306 g/mol. The fourth-order valence-corrected chi connectivity index (χ4v) is 4.95. The van der Waals surface area contributed by atoms with Gasteiger partial charge in [-0.15, -0.1) is 0 Å². The molecule has 0 radical (unpaired) electrons. The molecule has 3 saturated heterocycles. The number of nitrogens with one attached hydrogen (secondary N) is 2. The van der Waals surface area contributed by atoms with E-state index in [0.717, 1.165) is 37.8 Å². The topological polar surface area (TPSA) is 70.7 Å². The molecule has 6 heteroatoms. The molecule has 126 valence electrons. The second-order valence-corrected chi connectivity index (χ2v) is 7.29. The zero-order valence-corrected chi connectivity index (χ0v) is 13.5. The lowest BCUT2D eigenvalue weighted by Gasteiger charge is -2.43. The number of fused-ring (bicyclic) bond motifs is 4. The van der Waals surface area contributed by atoms with E-state index in [9.17, 15) is 9.59 Å². The molecule has 4 aliphatic rings. The van der Waals surface area contributed by atoms with Crippen molar-refractivity contribution in [2.45, 2.75) is 56.0 Å². The number of amides is 2. The average molecular weight is 327 g/mol. The normalized spacial score (nSPS) is 36.6. The number of nitrogens with zero attached hydrogens (tertiary/aromatic N) is 1. The molecule has 6 nitrogen and oxygen atoms in total. The monoisotopic (exact) mass is 327 g/mol. The summed E-state index contributed by atoms with van der Waals surface area (Å²) < 4.78 is 5.61. The van der Waals surface area contributed by atoms with Crippen molar-refractivity contribution in [1.29, 1.82) is 0 Å². The number of para-hydroxylation sites is 1. The second kappa shape index (κ2) is 4.96. The van der Waals surface area contributed by atoms with E-state index in [-0.39, 0.29) is 30.0 Å². The highest BCUT2D eigenvalue weighted by Crippen LogP contribution is 2.47. The van der Waals surface area contributed by atoms with E-state index >= 15 is 0 Å². The van der Waals surface area contributed by atoms with Gasteiger partial charge in [0.25, 0.3) is 11.8 Å². The van der Waals surface area contributed by atoms with Gasteiger partial charge < -0.3 is 20.3 Å². The molecule has 2 bridgehead atoms. The van der Waals surface area contributed by atoms with Crippen LogP contribution >= 0.6 is 0 Å². The van der Waals surface area contributed by atoms with Crippen molar-refractivity contribution in [1.82, 2.24) is 10.2 Å². The molecule has 0 unspecified atom stereocenters. The Bertz CT molecular complexity index is 715. The number of benzene rings is 1. The molecule has 0 aromatic heterocycles. The maximum absolute atomic E-state index is 12.9. The van der Waals surface area contributed by atoms with Crippen LogP contribution in [0.2, 0.25) is 0 Å². The van der Waals surface area contributed by atoms with Crippen molar-refractivity contribution in [2.75, 3.05) is 11.9 Å². The Labute approximate surface area is 140 Å². The van der Waals surface area contributed by atoms with Crippen LogP contribution in [0, 0.1) is 0 Å². The minimum atomic E-state index is -0.539. The Balaban J connectivity index is 1.47. The van der Waals surface area contributed by atoms with Crippen LogP contribution in [0.1, 0.15) is 42.5 Å². The van der Waals surface area contributed by atoms with Crippen LogP contribution in [0.25, 0.3) is 0 Å². The summed E-state index contributed by atoms with van der Waals surface area (Å²) in [4.78, 5) is 27.5. The quantitative estimate of drug-likeness (QED) is 0.820. The predicted octanol–water partition coefficient (Wildman–Crippen LogP) is 1.48. The third-order valence-corrected chi connectivity index (χ3v) is 5.95. The minimum absolute atomic E-state index is 0.00324. The molecule has 1 aromatic carbocycles. The van der Waals surface area contributed by atoms with E-state index in [2.05, 4.69) is 10.6 Å². The van der Waals surface area contributed by atoms with Gasteiger partial charge in [0, 0.05) is 24.8 Å². The molecular formula is C18H21N3O3. The molecule has 1 spiro atoms. The van der Waals surface area contributed by atoms with Gasteiger partial charge >= 0.3 is 0 Å². The summed E-state index contributed by atoms with van der Waals surface area (Å²) in [6.07, 6.45) is 4.14. The van der Waals surface area contributed by atoms with E-state index < -0.39 is 5.66 Å². The smallest absolute Gasteiger partial charge is 0.255 e. The first kappa shape index (κ1) is 14.3. The molecule has 3 fully saturated rings. The van der Waals surface area contributed by atoms with Crippen LogP contribution in [0.5, 0.6) is 0 Å². The molecule has 5 rings (SSSR count). The zero-order valence-electron chi connectivity index (χ0n) is 13.5. The van der Waals surface area contributed by atoms with Crippen molar-refractivity contribution >= 4 is 17.5 Å². The third kappa shape index (κ3) is 1.86. The number of hydrogen-bond acceptors (Lipinski definition) is 4. The lowest BCUT2D eigenvalue weighted by atomic mass is 9.86. The number of ether oxygens (including phenoxy) is 1. The summed E-state index contributed by atoms with van der Waals surface area (Å²) in [5.74, 6) is 0.0493. The minimum Gasteiger partial charge on any atom is -0.368 e. The number of carbonyl (C=O) groups is 2. The number of anilines is 1. The van der Waals surface area contributed by atoms with E-state index in [4.69, 9.17) is 4.74 Å². The lowest BCUT2D eigenvalue weighted by molar-refractivity contribution is -0.142. The summed E-state index contributed by atoms with van der Waals surface area (Å²) in [6, 6.07) is 7.75. The highest BCUT2D eigenvalue weighted by atomic mass is 16.5. The molecule has 2 amide bonds. The van der Waals surface area contributed by atoms with E-state index in [1.165, 1.54) is 0 Å². The Morgan fingerprint density at radius 2 is 2.08 bits per heavy atom. The molecule has 2 N–H and O–H groups in total. The average Bonchev–Trinajstić information content (AvgIpc) is 3.29. The largest absolute Gasteiger partial charge is 0.368 e. The first-order valence-electron chi connectivity index (χ1n) is 8.81. The maximum Gasteiger partial charge on any atom is 0.255 e. The number of rotatable bonds is 1. The van der Waals surface area contributed by atoms with Gasteiger partial charge in [-0.25, -0.2) is 0 Å². The Hall–Kier alpha value is -2.08. The van der Waals surface area contributed by atoms with Gasteiger partial charge in [0.05, 0.1) is 11.6 Å². The van der Waals surface area contributed by atoms with Crippen LogP contribution in [-0.2, 0) is 9.53 Å². The molecule has 0 saturated carbocycles. The van der Waals surface area contributed by atoms with Crippen molar-refractivity contribution in [3.05, 3.63) is 29.8 Å². The van der Waals surface area contributed by atoms with Gasteiger partial charge in [0.15, 0.2) is 0 Å². The van der Waals surface area contributed by atoms with Gasteiger partial charge in [-0.1, -0.05) is 12.1 Å². The van der Waals surface area contributed by atoms with Crippen molar-refractivity contribution in [2.24, 2.45) is 0 Å². The van der Waals surface area contributed by atoms with E-state index in [1.54, 1.807) is 0 Å². The lowest BCUT2D eigenvalue weighted by Crippen LogP contribution is -2.64. The van der Waals surface area contributed by atoms with Crippen LogP contribution in [0.15, 0.2) is 24.3 Å². The van der Waals surface area contributed by atoms with Crippen molar-refractivity contribution < 1.29 is 14.3 Å². The Kier molecular flexibility index (Phi) is 2.95. The highest BCUT2D eigenvalue weighted by molar-refractivity contribution is 6.02.